The molecule has 0 unspecified atom stereocenters. The van der Waals surface area contributed by atoms with Gasteiger partial charge in [-0.3, -0.25) is 0 Å². The Morgan fingerprint density at radius 3 is 2.32 bits per heavy atom. The highest BCUT2D eigenvalue weighted by Crippen LogP contribution is 2.51. The van der Waals surface area contributed by atoms with Crippen molar-refractivity contribution in [2.45, 2.75) is 24.3 Å². The Hall–Kier alpha value is -1.02. The lowest BCUT2D eigenvalue weighted by molar-refractivity contribution is 0.646. The van der Waals surface area contributed by atoms with Gasteiger partial charge >= 0.3 is 0 Å². The van der Waals surface area contributed by atoms with Crippen LogP contribution in [0.4, 0.5) is 0 Å². The van der Waals surface area contributed by atoms with Crippen molar-refractivity contribution in [3.63, 3.8) is 0 Å². The summed E-state index contributed by atoms with van der Waals surface area (Å²) in [5.41, 5.74) is 9.01. The van der Waals surface area contributed by atoms with Crippen molar-refractivity contribution in [1.82, 2.24) is 0 Å². The minimum absolute atomic E-state index is 0. The van der Waals surface area contributed by atoms with E-state index in [-0.39, 0.29) is 17.9 Å². The van der Waals surface area contributed by atoms with E-state index in [1.807, 2.05) is 18.2 Å². The Kier molecular flexibility index (Phi) is 4.19. The molecule has 1 nitrogen and oxygen atoms in total. The van der Waals surface area contributed by atoms with Crippen molar-refractivity contribution in [2.75, 3.05) is 0 Å². The van der Waals surface area contributed by atoms with E-state index in [1.165, 1.54) is 11.1 Å². The van der Waals surface area contributed by atoms with Crippen LogP contribution in [0.2, 0.25) is 5.02 Å². The molecule has 3 heteroatoms. The predicted octanol–water partition coefficient (Wildman–Crippen LogP) is 4.19. The van der Waals surface area contributed by atoms with Gasteiger partial charge in [0.1, 0.15) is 0 Å². The Morgan fingerprint density at radius 1 is 1.05 bits per heavy atom. The number of nitrogens with two attached hydrogens (primary N) is 1. The minimum atomic E-state index is -0.0742. The van der Waals surface area contributed by atoms with Gasteiger partial charge in [0.2, 0.25) is 0 Å². The molecule has 0 radical (unpaired) electrons. The lowest BCUT2D eigenvalue weighted by atomic mass is 10.00. The van der Waals surface area contributed by atoms with E-state index < -0.39 is 0 Å². The first-order chi connectivity index (χ1) is 8.67. The molecule has 0 bridgehead atoms. The summed E-state index contributed by atoms with van der Waals surface area (Å²) in [6.07, 6.45) is 2.00. The number of hydrogen-bond donors (Lipinski definition) is 1. The average Bonchev–Trinajstić information content (AvgIpc) is 3.03. The lowest BCUT2D eigenvalue weighted by Gasteiger charge is -2.12. The molecule has 0 amide bonds. The normalized spacial score (nSPS) is 24.6. The Bertz CT molecular complexity index is 538. The van der Waals surface area contributed by atoms with Gasteiger partial charge in [0.25, 0.3) is 0 Å². The quantitative estimate of drug-likeness (QED) is 0.902. The number of hydrogen-bond acceptors (Lipinski definition) is 1. The standard InChI is InChI=1S/C16H16ClN.ClH/c17-14-8-6-13(7-9-14)15-11-16(15,18)10-12-4-2-1-3-5-12;/h1-9,15H,10-11,18H2;1H/t15-,16+;/m1./s1. The maximum absolute atomic E-state index is 6.46. The molecule has 1 saturated carbocycles. The van der Waals surface area contributed by atoms with E-state index in [2.05, 4.69) is 36.4 Å². The molecule has 1 fully saturated rings. The number of rotatable bonds is 3. The van der Waals surface area contributed by atoms with E-state index in [1.54, 1.807) is 0 Å². The molecule has 0 aromatic heterocycles. The zero-order valence-electron chi connectivity index (χ0n) is 10.6. The molecule has 100 valence electrons. The van der Waals surface area contributed by atoms with Crippen LogP contribution in [0.5, 0.6) is 0 Å². The monoisotopic (exact) mass is 293 g/mol. The summed E-state index contributed by atoms with van der Waals surface area (Å²) in [6.45, 7) is 0. The highest BCUT2D eigenvalue weighted by molar-refractivity contribution is 6.30. The smallest absolute Gasteiger partial charge is 0.0406 e. The minimum Gasteiger partial charge on any atom is -0.324 e. The molecule has 0 aliphatic heterocycles. The molecule has 2 N–H and O–H groups in total. The maximum atomic E-state index is 6.46. The Labute approximate surface area is 125 Å². The van der Waals surface area contributed by atoms with Gasteiger partial charge in [-0.1, -0.05) is 54.1 Å². The van der Waals surface area contributed by atoms with Crippen molar-refractivity contribution in [3.8, 4) is 0 Å². The highest BCUT2D eigenvalue weighted by Gasteiger charge is 2.51. The van der Waals surface area contributed by atoms with Crippen molar-refractivity contribution >= 4 is 24.0 Å². The van der Waals surface area contributed by atoms with Gasteiger partial charge in [0.15, 0.2) is 0 Å². The van der Waals surface area contributed by atoms with E-state index >= 15 is 0 Å². The van der Waals surface area contributed by atoms with Crippen molar-refractivity contribution in [3.05, 3.63) is 70.7 Å². The Morgan fingerprint density at radius 2 is 1.68 bits per heavy atom. The summed E-state index contributed by atoms with van der Waals surface area (Å²) >= 11 is 5.91. The molecule has 0 spiro atoms. The fourth-order valence-electron chi connectivity index (χ4n) is 2.64. The number of halogens is 2. The third-order valence-corrected chi connectivity index (χ3v) is 4.02. The molecular formula is C16H17Cl2N. The molecular weight excluding hydrogens is 277 g/mol. The molecule has 0 heterocycles. The van der Waals surface area contributed by atoms with E-state index in [9.17, 15) is 0 Å². The van der Waals surface area contributed by atoms with Crippen LogP contribution in [-0.2, 0) is 6.42 Å². The van der Waals surface area contributed by atoms with Crippen LogP contribution in [0.1, 0.15) is 23.5 Å². The van der Waals surface area contributed by atoms with Gasteiger partial charge in [-0.05, 0) is 36.1 Å². The van der Waals surface area contributed by atoms with Crippen LogP contribution in [0, 0.1) is 0 Å². The van der Waals surface area contributed by atoms with Gasteiger partial charge in [0, 0.05) is 16.5 Å². The summed E-state index contributed by atoms with van der Waals surface area (Å²) in [4.78, 5) is 0. The van der Waals surface area contributed by atoms with Crippen molar-refractivity contribution in [2.24, 2.45) is 5.73 Å². The van der Waals surface area contributed by atoms with Gasteiger partial charge < -0.3 is 5.73 Å². The van der Waals surface area contributed by atoms with E-state index in [0.717, 1.165) is 17.9 Å². The van der Waals surface area contributed by atoms with E-state index in [4.69, 9.17) is 17.3 Å². The second-order valence-electron chi connectivity index (χ2n) is 5.20. The first kappa shape index (κ1) is 14.4. The first-order valence-corrected chi connectivity index (χ1v) is 6.63. The summed E-state index contributed by atoms with van der Waals surface area (Å²) in [7, 11) is 0. The van der Waals surface area contributed by atoms with Crippen LogP contribution in [0.25, 0.3) is 0 Å². The fourth-order valence-corrected chi connectivity index (χ4v) is 2.76. The first-order valence-electron chi connectivity index (χ1n) is 6.26. The summed E-state index contributed by atoms with van der Waals surface area (Å²) in [6, 6.07) is 18.5. The zero-order chi connectivity index (χ0) is 12.6. The zero-order valence-corrected chi connectivity index (χ0v) is 12.1. The molecule has 19 heavy (non-hydrogen) atoms. The molecule has 0 saturated heterocycles. The summed E-state index contributed by atoms with van der Waals surface area (Å²) in [5.74, 6) is 0.468. The van der Waals surface area contributed by atoms with Crippen LogP contribution >= 0.6 is 24.0 Å². The average molecular weight is 294 g/mol. The Balaban J connectivity index is 0.00000133. The van der Waals surface area contributed by atoms with Crippen LogP contribution < -0.4 is 5.73 Å². The topological polar surface area (TPSA) is 26.0 Å². The van der Waals surface area contributed by atoms with Gasteiger partial charge in [-0.15, -0.1) is 12.4 Å². The predicted molar refractivity (Wildman–Crippen MR) is 83.1 cm³/mol. The van der Waals surface area contributed by atoms with Gasteiger partial charge in [-0.2, -0.15) is 0 Å². The van der Waals surface area contributed by atoms with Gasteiger partial charge in [0.05, 0.1) is 0 Å². The molecule has 1 aliphatic rings. The van der Waals surface area contributed by atoms with Crippen molar-refractivity contribution in [1.29, 1.82) is 0 Å². The molecule has 3 rings (SSSR count). The third kappa shape index (κ3) is 3.11. The third-order valence-electron chi connectivity index (χ3n) is 3.77. The van der Waals surface area contributed by atoms with E-state index in [0.29, 0.717) is 5.92 Å². The summed E-state index contributed by atoms with van der Waals surface area (Å²) < 4.78 is 0. The second kappa shape index (κ2) is 5.54. The molecule has 2 aromatic rings. The molecule has 2 atom stereocenters. The maximum Gasteiger partial charge on any atom is 0.0406 e. The van der Waals surface area contributed by atoms with Crippen LogP contribution in [0.15, 0.2) is 54.6 Å². The SMILES string of the molecule is Cl.N[C@@]1(Cc2ccccc2)C[C@@H]1c1ccc(Cl)cc1. The largest absolute Gasteiger partial charge is 0.324 e. The highest BCUT2D eigenvalue weighted by atomic mass is 35.5. The van der Waals surface area contributed by atoms with Crippen LogP contribution in [0.3, 0.4) is 0 Å². The van der Waals surface area contributed by atoms with Crippen LogP contribution in [-0.4, -0.2) is 5.54 Å². The fraction of sp³-hybridized carbons (Fsp3) is 0.250. The summed E-state index contributed by atoms with van der Waals surface area (Å²) in [5, 5.41) is 0.782. The molecule has 1 aliphatic carbocycles. The lowest BCUT2D eigenvalue weighted by Crippen LogP contribution is -2.27. The second-order valence-corrected chi connectivity index (χ2v) is 5.64. The van der Waals surface area contributed by atoms with Gasteiger partial charge in [-0.25, -0.2) is 0 Å². The molecule has 2 aromatic carbocycles. The van der Waals surface area contributed by atoms with Crippen molar-refractivity contribution < 1.29 is 0 Å². The number of benzene rings is 2.